The highest BCUT2D eigenvalue weighted by Gasteiger charge is 2.36. The number of fused-ring (bicyclic) bond motifs is 3. The summed E-state index contributed by atoms with van der Waals surface area (Å²) >= 11 is 0. The summed E-state index contributed by atoms with van der Waals surface area (Å²) in [4.78, 5) is 5.26. The molecule has 0 aromatic heterocycles. The fourth-order valence-electron chi connectivity index (χ4n) is 3.77. The molecular weight excluding hydrogens is 262 g/mol. The number of hydrogen-bond donors (Lipinski definition) is 1. The van der Waals surface area contributed by atoms with Crippen molar-refractivity contribution in [3.05, 3.63) is 29.3 Å². The number of benzene rings is 1. The van der Waals surface area contributed by atoms with Gasteiger partial charge in [-0.15, -0.1) is 0 Å². The maximum atomic E-state index is 5.54. The molecule has 3 aliphatic heterocycles. The van der Waals surface area contributed by atoms with Gasteiger partial charge in [-0.25, -0.2) is 0 Å². The molecule has 2 unspecified atom stereocenters. The normalized spacial score (nSPS) is 29.4. The number of nitrogens with zero attached hydrogens (tertiary/aromatic N) is 2. The maximum absolute atomic E-state index is 5.54. The van der Waals surface area contributed by atoms with Gasteiger partial charge in [0.05, 0.1) is 7.11 Å². The van der Waals surface area contributed by atoms with E-state index in [9.17, 15) is 0 Å². The lowest BCUT2D eigenvalue weighted by Gasteiger charge is -2.50. The van der Waals surface area contributed by atoms with Crippen LogP contribution in [0.3, 0.4) is 0 Å². The largest absolute Gasteiger partial charge is 0.496 e. The summed E-state index contributed by atoms with van der Waals surface area (Å²) < 4.78 is 5.54. The van der Waals surface area contributed by atoms with Crippen LogP contribution in [0.2, 0.25) is 0 Å². The predicted molar refractivity (Wildman–Crippen MR) is 86.1 cm³/mol. The molecule has 3 fully saturated rings. The molecule has 21 heavy (non-hydrogen) atoms. The number of piperazine rings is 3. The number of likely N-dealkylation sites (N-methyl/N-ethyl adjacent to an activating group) is 1. The molecule has 2 bridgehead atoms. The standard InChI is InChI=1S/C17H27N3O/c1-13-4-5-17(21-3)14(10-13)11-15(18-2)16-12-19-6-8-20(16)9-7-19/h4-5,10,15-16,18H,6-9,11-12H2,1-3H3. The van der Waals surface area contributed by atoms with Crippen LogP contribution in [0.4, 0.5) is 0 Å². The first kappa shape index (κ1) is 14.8. The lowest BCUT2D eigenvalue weighted by molar-refractivity contribution is -0.00208. The molecule has 0 spiro atoms. The van der Waals surface area contributed by atoms with E-state index in [2.05, 4.69) is 47.3 Å². The van der Waals surface area contributed by atoms with Gasteiger partial charge in [-0.3, -0.25) is 9.80 Å². The van der Waals surface area contributed by atoms with E-state index in [1.807, 2.05) is 0 Å². The summed E-state index contributed by atoms with van der Waals surface area (Å²) in [6.07, 6.45) is 1.02. The van der Waals surface area contributed by atoms with Crippen molar-refractivity contribution >= 4 is 0 Å². The molecule has 3 aliphatic rings. The minimum atomic E-state index is 0.476. The highest BCUT2D eigenvalue weighted by Crippen LogP contribution is 2.25. The molecule has 1 N–H and O–H groups in total. The summed E-state index contributed by atoms with van der Waals surface area (Å²) in [5, 5.41) is 3.55. The molecule has 1 aromatic rings. The van der Waals surface area contributed by atoms with E-state index in [1.165, 1.54) is 43.9 Å². The first-order chi connectivity index (χ1) is 10.2. The minimum Gasteiger partial charge on any atom is -0.496 e. The Bertz CT molecular complexity index is 483. The van der Waals surface area contributed by atoms with Crippen LogP contribution in [0.25, 0.3) is 0 Å². The topological polar surface area (TPSA) is 27.7 Å². The van der Waals surface area contributed by atoms with E-state index >= 15 is 0 Å². The average Bonchev–Trinajstić information content (AvgIpc) is 2.54. The predicted octanol–water partition coefficient (Wildman–Crippen LogP) is 1.13. The van der Waals surface area contributed by atoms with Crippen LogP contribution in [0.1, 0.15) is 11.1 Å². The van der Waals surface area contributed by atoms with Gasteiger partial charge in [-0.2, -0.15) is 0 Å². The van der Waals surface area contributed by atoms with E-state index in [-0.39, 0.29) is 0 Å². The fraction of sp³-hybridized carbons (Fsp3) is 0.647. The van der Waals surface area contributed by atoms with Crippen molar-refractivity contribution in [2.24, 2.45) is 0 Å². The molecule has 3 heterocycles. The van der Waals surface area contributed by atoms with Crippen LogP contribution in [-0.2, 0) is 6.42 Å². The summed E-state index contributed by atoms with van der Waals surface area (Å²) in [6, 6.07) is 7.56. The summed E-state index contributed by atoms with van der Waals surface area (Å²) in [6.45, 7) is 8.25. The molecule has 116 valence electrons. The SMILES string of the molecule is CNC(Cc1cc(C)ccc1OC)C1CN2CCN1CC2. The van der Waals surface area contributed by atoms with Crippen LogP contribution < -0.4 is 10.1 Å². The second-order valence-electron chi connectivity index (χ2n) is 6.32. The number of rotatable bonds is 5. The summed E-state index contributed by atoms with van der Waals surface area (Å²) in [5.41, 5.74) is 2.62. The van der Waals surface area contributed by atoms with Crippen LogP contribution >= 0.6 is 0 Å². The van der Waals surface area contributed by atoms with E-state index in [4.69, 9.17) is 4.74 Å². The van der Waals surface area contributed by atoms with Gasteiger partial charge in [0, 0.05) is 44.8 Å². The molecule has 0 saturated carbocycles. The molecule has 4 rings (SSSR count). The van der Waals surface area contributed by atoms with Crippen molar-refractivity contribution in [3.63, 3.8) is 0 Å². The highest BCUT2D eigenvalue weighted by molar-refractivity contribution is 5.37. The molecule has 4 heteroatoms. The Morgan fingerprint density at radius 2 is 2.05 bits per heavy atom. The molecule has 0 radical (unpaired) electrons. The molecule has 0 amide bonds. The van der Waals surface area contributed by atoms with Crippen LogP contribution in [0.15, 0.2) is 18.2 Å². The van der Waals surface area contributed by atoms with Crippen LogP contribution in [-0.4, -0.2) is 68.8 Å². The van der Waals surface area contributed by atoms with Gasteiger partial charge in [0.15, 0.2) is 0 Å². The van der Waals surface area contributed by atoms with Crippen molar-refractivity contribution in [2.45, 2.75) is 25.4 Å². The summed E-state index contributed by atoms with van der Waals surface area (Å²) in [5.74, 6) is 1.01. The Labute approximate surface area is 128 Å². The zero-order valence-electron chi connectivity index (χ0n) is 13.4. The quantitative estimate of drug-likeness (QED) is 0.879. The molecule has 1 aromatic carbocycles. The van der Waals surface area contributed by atoms with Gasteiger partial charge < -0.3 is 10.1 Å². The van der Waals surface area contributed by atoms with E-state index in [0.29, 0.717) is 12.1 Å². The molecular formula is C17H27N3O. The monoisotopic (exact) mass is 289 g/mol. The maximum Gasteiger partial charge on any atom is 0.122 e. The van der Waals surface area contributed by atoms with Gasteiger partial charge in [0.2, 0.25) is 0 Å². The van der Waals surface area contributed by atoms with Gasteiger partial charge in [0.1, 0.15) is 5.75 Å². The molecule has 3 saturated heterocycles. The number of hydrogen-bond acceptors (Lipinski definition) is 4. The first-order valence-electron chi connectivity index (χ1n) is 7.98. The van der Waals surface area contributed by atoms with Gasteiger partial charge >= 0.3 is 0 Å². The lowest BCUT2D eigenvalue weighted by Crippen LogP contribution is -2.66. The fourth-order valence-corrected chi connectivity index (χ4v) is 3.77. The highest BCUT2D eigenvalue weighted by atomic mass is 16.5. The average molecular weight is 289 g/mol. The second-order valence-corrected chi connectivity index (χ2v) is 6.32. The Hall–Kier alpha value is -1.10. The van der Waals surface area contributed by atoms with Crippen molar-refractivity contribution in [1.29, 1.82) is 0 Å². The molecule has 0 aliphatic carbocycles. The van der Waals surface area contributed by atoms with Gasteiger partial charge in [-0.1, -0.05) is 17.7 Å². The van der Waals surface area contributed by atoms with Gasteiger partial charge in [-0.05, 0) is 32.0 Å². The van der Waals surface area contributed by atoms with E-state index in [1.54, 1.807) is 7.11 Å². The number of ether oxygens (including phenoxy) is 1. The van der Waals surface area contributed by atoms with Crippen molar-refractivity contribution in [2.75, 3.05) is 46.9 Å². The van der Waals surface area contributed by atoms with Crippen molar-refractivity contribution in [3.8, 4) is 5.75 Å². The zero-order valence-corrected chi connectivity index (χ0v) is 13.4. The zero-order chi connectivity index (χ0) is 14.8. The third kappa shape index (κ3) is 3.07. The molecule has 4 nitrogen and oxygen atoms in total. The third-order valence-electron chi connectivity index (χ3n) is 5.03. The lowest BCUT2D eigenvalue weighted by atomic mass is 9.93. The first-order valence-corrected chi connectivity index (χ1v) is 7.98. The Morgan fingerprint density at radius 1 is 1.29 bits per heavy atom. The van der Waals surface area contributed by atoms with Crippen LogP contribution in [0, 0.1) is 6.92 Å². The van der Waals surface area contributed by atoms with Crippen LogP contribution in [0.5, 0.6) is 5.75 Å². The van der Waals surface area contributed by atoms with E-state index in [0.717, 1.165) is 12.2 Å². The Balaban J connectivity index is 1.77. The van der Waals surface area contributed by atoms with Crippen molar-refractivity contribution in [1.82, 2.24) is 15.1 Å². The smallest absolute Gasteiger partial charge is 0.122 e. The number of aryl methyl sites for hydroxylation is 1. The Kier molecular flexibility index (Phi) is 4.48. The number of nitrogens with one attached hydrogen (secondary N) is 1. The Morgan fingerprint density at radius 3 is 2.62 bits per heavy atom. The van der Waals surface area contributed by atoms with Crippen molar-refractivity contribution < 1.29 is 4.74 Å². The second kappa shape index (κ2) is 6.34. The summed E-state index contributed by atoms with van der Waals surface area (Å²) in [7, 11) is 3.85. The molecule has 2 atom stereocenters. The van der Waals surface area contributed by atoms with E-state index < -0.39 is 0 Å². The van der Waals surface area contributed by atoms with Gasteiger partial charge in [0.25, 0.3) is 0 Å². The third-order valence-corrected chi connectivity index (χ3v) is 5.03. The number of methoxy groups -OCH3 is 1. The minimum absolute atomic E-state index is 0.476.